The predicted molar refractivity (Wildman–Crippen MR) is 92.8 cm³/mol. The van der Waals surface area contributed by atoms with Gasteiger partial charge in [-0.1, -0.05) is 37.3 Å². The molecule has 1 atom stereocenters. The fourth-order valence-electron chi connectivity index (χ4n) is 1.93. The number of nitrogens with one attached hydrogen (secondary N) is 2. The fraction of sp³-hybridized carbons (Fsp3) is 0.562. The van der Waals surface area contributed by atoms with E-state index in [9.17, 15) is 8.42 Å². The van der Waals surface area contributed by atoms with Crippen LogP contribution in [0.1, 0.15) is 32.3 Å². The molecule has 0 aromatic heterocycles. The second-order valence-corrected chi connectivity index (χ2v) is 7.57. The van der Waals surface area contributed by atoms with Gasteiger partial charge in [-0.05, 0) is 25.3 Å². The Hall–Kier alpha value is -1.56. The first-order valence-corrected chi connectivity index (χ1v) is 9.50. The van der Waals surface area contributed by atoms with Crippen molar-refractivity contribution in [2.45, 2.75) is 38.5 Å². The van der Waals surface area contributed by atoms with Crippen LogP contribution < -0.4 is 10.6 Å². The van der Waals surface area contributed by atoms with Crippen LogP contribution in [0, 0.1) is 0 Å². The Labute approximate surface area is 134 Å². The van der Waals surface area contributed by atoms with E-state index in [0.717, 1.165) is 17.9 Å². The zero-order valence-electron chi connectivity index (χ0n) is 13.7. The van der Waals surface area contributed by atoms with E-state index in [2.05, 4.69) is 29.5 Å². The summed E-state index contributed by atoms with van der Waals surface area (Å²) in [6.45, 7) is 4.77. The third-order valence-electron chi connectivity index (χ3n) is 3.37. The van der Waals surface area contributed by atoms with Gasteiger partial charge in [-0.15, -0.1) is 0 Å². The molecule has 0 amide bonds. The van der Waals surface area contributed by atoms with Crippen LogP contribution in [0.4, 0.5) is 0 Å². The molecule has 1 aromatic rings. The molecular formula is C16H27N3O2S. The summed E-state index contributed by atoms with van der Waals surface area (Å²) in [5.41, 5.74) is 0.838. The summed E-state index contributed by atoms with van der Waals surface area (Å²) < 4.78 is 24.1. The molecule has 6 heteroatoms. The largest absolute Gasteiger partial charge is 0.356 e. The van der Waals surface area contributed by atoms with Crippen LogP contribution >= 0.6 is 0 Å². The predicted octanol–water partition coefficient (Wildman–Crippen LogP) is 1.96. The highest BCUT2D eigenvalue weighted by Gasteiger charge is 2.11. The van der Waals surface area contributed by atoms with Gasteiger partial charge in [-0.2, -0.15) is 0 Å². The van der Waals surface area contributed by atoms with Gasteiger partial charge in [0.1, 0.15) is 0 Å². The van der Waals surface area contributed by atoms with Crippen LogP contribution in [0.15, 0.2) is 35.3 Å². The third kappa shape index (κ3) is 7.45. The molecule has 0 fully saturated rings. The Balaban J connectivity index is 2.34. The zero-order valence-corrected chi connectivity index (χ0v) is 14.5. The Bertz CT molecular complexity index is 556. The summed E-state index contributed by atoms with van der Waals surface area (Å²) >= 11 is 0. The van der Waals surface area contributed by atoms with Gasteiger partial charge in [0.2, 0.25) is 0 Å². The van der Waals surface area contributed by atoms with E-state index < -0.39 is 9.84 Å². The molecule has 124 valence electrons. The van der Waals surface area contributed by atoms with E-state index in [0.29, 0.717) is 19.0 Å². The van der Waals surface area contributed by atoms with E-state index >= 15 is 0 Å². The van der Waals surface area contributed by atoms with Gasteiger partial charge >= 0.3 is 0 Å². The van der Waals surface area contributed by atoms with Gasteiger partial charge in [0.05, 0.1) is 11.5 Å². The van der Waals surface area contributed by atoms with Crippen molar-refractivity contribution in [3.05, 3.63) is 35.9 Å². The number of hydrogen-bond donors (Lipinski definition) is 2. The van der Waals surface area contributed by atoms with Crippen LogP contribution in [-0.4, -0.2) is 39.8 Å². The minimum absolute atomic E-state index is 0.105. The molecular weight excluding hydrogens is 298 g/mol. The lowest BCUT2D eigenvalue weighted by Gasteiger charge is -2.16. The number of aliphatic imine (C=N–C) groups is 1. The average Bonchev–Trinajstić information content (AvgIpc) is 2.50. The molecule has 0 radical (unpaired) electrons. The maximum absolute atomic E-state index is 12.1. The molecule has 0 aliphatic carbocycles. The van der Waals surface area contributed by atoms with Crippen LogP contribution in [0.2, 0.25) is 0 Å². The molecule has 0 saturated carbocycles. The summed E-state index contributed by atoms with van der Waals surface area (Å²) in [6.07, 6.45) is 1.57. The molecule has 2 N–H and O–H groups in total. The Morgan fingerprint density at radius 2 is 1.95 bits per heavy atom. The molecule has 1 unspecified atom stereocenters. The molecule has 22 heavy (non-hydrogen) atoms. The number of hydrogen-bond acceptors (Lipinski definition) is 3. The van der Waals surface area contributed by atoms with Crippen molar-refractivity contribution in [3.63, 3.8) is 0 Å². The number of guanidine groups is 1. The molecule has 0 bridgehead atoms. The van der Waals surface area contributed by atoms with Gasteiger partial charge in [0.15, 0.2) is 15.8 Å². The highest BCUT2D eigenvalue weighted by molar-refractivity contribution is 7.90. The molecule has 0 aliphatic heterocycles. The zero-order chi connectivity index (χ0) is 16.4. The highest BCUT2D eigenvalue weighted by atomic mass is 32.2. The standard InChI is InChI=1S/C16H27N3O2S/c1-4-14(2)19-16(17-3)18-11-8-12-22(20,21)13-15-9-6-5-7-10-15/h5-7,9-10,14H,4,8,11-13H2,1-3H3,(H2,17,18,19). The highest BCUT2D eigenvalue weighted by Crippen LogP contribution is 2.06. The normalized spacial score (nSPS) is 13.7. The van der Waals surface area contributed by atoms with Crippen LogP contribution in [-0.2, 0) is 15.6 Å². The van der Waals surface area contributed by atoms with Crippen molar-refractivity contribution in [1.29, 1.82) is 0 Å². The summed E-state index contributed by atoms with van der Waals surface area (Å²) in [5.74, 6) is 0.998. The van der Waals surface area contributed by atoms with Crippen molar-refractivity contribution in [3.8, 4) is 0 Å². The average molecular weight is 325 g/mol. The van der Waals surface area contributed by atoms with Gasteiger partial charge in [0, 0.05) is 19.6 Å². The quantitative estimate of drug-likeness (QED) is 0.435. The third-order valence-corrected chi connectivity index (χ3v) is 5.06. The number of benzene rings is 1. The van der Waals surface area contributed by atoms with Crippen LogP contribution in [0.3, 0.4) is 0 Å². The minimum atomic E-state index is -3.07. The first-order valence-electron chi connectivity index (χ1n) is 7.68. The molecule has 1 aromatic carbocycles. The lowest BCUT2D eigenvalue weighted by Crippen LogP contribution is -2.42. The molecule has 0 spiro atoms. The second kappa shape index (κ2) is 9.46. The van der Waals surface area contributed by atoms with Crippen molar-refractivity contribution in [1.82, 2.24) is 10.6 Å². The fourth-order valence-corrected chi connectivity index (χ4v) is 3.36. The van der Waals surface area contributed by atoms with E-state index in [4.69, 9.17) is 0 Å². The topological polar surface area (TPSA) is 70.6 Å². The monoisotopic (exact) mass is 325 g/mol. The molecule has 0 saturated heterocycles. The number of nitrogens with zero attached hydrogens (tertiary/aromatic N) is 1. The maximum Gasteiger partial charge on any atom is 0.191 e. The summed E-state index contributed by atoms with van der Waals surface area (Å²) in [6, 6.07) is 9.62. The SMILES string of the molecule is CCC(C)NC(=NC)NCCCS(=O)(=O)Cc1ccccc1. The maximum atomic E-state index is 12.1. The van der Waals surface area contributed by atoms with E-state index in [-0.39, 0.29) is 11.5 Å². The number of rotatable bonds is 8. The first kappa shape index (κ1) is 18.5. The Kier molecular flexibility index (Phi) is 7.95. The van der Waals surface area contributed by atoms with Gasteiger partial charge in [0.25, 0.3) is 0 Å². The van der Waals surface area contributed by atoms with E-state index in [1.54, 1.807) is 7.05 Å². The van der Waals surface area contributed by atoms with Crippen molar-refractivity contribution < 1.29 is 8.42 Å². The van der Waals surface area contributed by atoms with Gasteiger partial charge in [-0.25, -0.2) is 8.42 Å². The van der Waals surface area contributed by atoms with Crippen molar-refractivity contribution in [2.75, 3.05) is 19.3 Å². The van der Waals surface area contributed by atoms with E-state index in [1.165, 1.54) is 0 Å². The Morgan fingerprint density at radius 3 is 2.55 bits per heavy atom. The smallest absolute Gasteiger partial charge is 0.191 e. The molecule has 0 heterocycles. The van der Waals surface area contributed by atoms with Crippen molar-refractivity contribution in [2.24, 2.45) is 4.99 Å². The lowest BCUT2D eigenvalue weighted by atomic mass is 10.2. The molecule has 1 rings (SSSR count). The minimum Gasteiger partial charge on any atom is -0.356 e. The second-order valence-electron chi connectivity index (χ2n) is 5.38. The van der Waals surface area contributed by atoms with E-state index in [1.807, 2.05) is 30.3 Å². The van der Waals surface area contributed by atoms with Crippen molar-refractivity contribution >= 4 is 15.8 Å². The van der Waals surface area contributed by atoms with Gasteiger partial charge in [-0.3, -0.25) is 4.99 Å². The molecule has 5 nitrogen and oxygen atoms in total. The number of sulfone groups is 1. The Morgan fingerprint density at radius 1 is 1.27 bits per heavy atom. The summed E-state index contributed by atoms with van der Waals surface area (Å²) in [7, 11) is -1.36. The van der Waals surface area contributed by atoms with Crippen LogP contribution in [0.5, 0.6) is 0 Å². The van der Waals surface area contributed by atoms with Gasteiger partial charge < -0.3 is 10.6 Å². The molecule has 0 aliphatic rings. The summed E-state index contributed by atoms with van der Waals surface area (Å²) in [4.78, 5) is 4.12. The first-order chi connectivity index (χ1) is 10.5. The summed E-state index contributed by atoms with van der Waals surface area (Å²) in [5, 5.41) is 6.39. The lowest BCUT2D eigenvalue weighted by molar-refractivity contribution is 0.590. The van der Waals surface area contributed by atoms with Crippen LogP contribution in [0.25, 0.3) is 0 Å².